The second kappa shape index (κ2) is 6.46. The van der Waals surface area contributed by atoms with Gasteiger partial charge in [-0.25, -0.2) is 0 Å². The Kier molecular flexibility index (Phi) is 5.58. The molecule has 1 heterocycles. The summed E-state index contributed by atoms with van der Waals surface area (Å²) < 4.78 is 0. The average Bonchev–Trinajstić information content (AvgIpc) is 2.26. The van der Waals surface area contributed by atoms with Gasteiger partial charge in [-0.05, 0) is 50.7 Å². The number of hydrogen-bond acceptors (Lipinski definition) is 3. The van der Waals surface area contributed by atoms with Crippen LogP contribution in [0.25, 0.3) is 0 Å². The van der Waals surface area contributed by atoms with Crippen molar-refractivity contribution in [3.8, 4) is 0 Å². The van der Waals surface area contributed by atoms with Gasteiger partial charge in [0.05, 0.1) is 6.61 Å². The molecule has 15 heavy (non-hydrogen) atoms. The summed E-state index contributed by atoms with van der Waals surface area (Å²) in [6, 6.07) is -0.0344. The van der Waals surface area contributed by atoms with Gasteiger partial charge in [0, 0.05) is 6.04 Å². The first-order valence-corrected chi connectivity index (χ1v) is 6.22. The fourth-order valence-electron chi connectivity index (χ4n) is 2.28. The lowest BCUT2D eigenvalue weighted by Crippen LogP contribution is -2.38. The Bertz CT molecular complexity index is 165. The van der Waals surface area contributed by atoms with Crippen molar-refractivity contribution < 1.29 is 5.11 Å². The molecule has 1 unspecified atom stereocenters. The summed E-state index contributed by atoms with van der Waals surface area (Å²) in [6.07, 6.45) is 3.57. The standard InChI is InChI=1S/C12H26N2O/c1-10(2)11-3-6-14(7-4-11)8-5-12(13)9-15/h10-12,15H,3-9,13H2,1-2H3. The highest BCUT2D eigenvalue weighted by Crippen LogP contribution is 2.24. The van der Waals surface area contributed by atoms with Gasteiger partial charge >= 0.3 is 0 Å². The highest BCUT2D eigenvalue weighted by molar-refractivity contribution is 4.75. The Balaban J connectivity index is 2.14. The predicted molar refractivity (Wildman–Crippen MR) is 63.7 cm³/mol. The van der Waals surface area contributed by atoms with Gasteiger partial charge in [0.2, 0.25) is 0 Å². The van der Waals surface area contributed by atoms with Gasteiger partial charge < -0.3 is 15.7 Å². The monoisotopic (exact) mass is 214 g/mol. The number of likely N-dealkylation sites (tertiary alicyclic amines) is 1. The van der Waals surface area contributed by atoms with Crippen molar-refractivity contribution in [3.05, 3.63) is 0 Å². The van der Waals surface area contributed by atoms with Crippen molar-refractivity contribution in [2.75, 3.05) is 26.2 Å². The second-order valence-corrected chi connectivity index (χ2v) is 5.15. The van der Waals surface area contributed by atoms with Crippen molar-refractivity contribution in [1.82, 2.24) is 4.90 Å². The van der Waals surface area contributed by atoms with E-state index in [0.29, 0.717) is 0 Å². The average molecular weight is 214 g/mol. The Labute approximate surface area is 93.6 Å². The van der Waals surface area contributed by atoms with Gasteiger partial charge in [0.15, 0.2) is 0 Å². The van der Waals surface area contributed by atoms with Crippen LogP contribution in [0.3, 0.4) is 0 Å². The summed E-state index contributed by atoms with van der Waals surface area (Å²) in [4.78, 5) is 2.48. The third-order valence-corrected chi connectivity index (χ3v) is 3.63. The lowest BCUT2D eigenvalue weighted by Gasteiger charge is -2.34. The zero-order chi connectivity index (χ0) is 11.3. The molecule has 1 aliphatic heterocycles. The first-order valence-electron chi connectivity index (χ1n) is 6.22. The van der Waals surface area contributed by atoms with Gasteiger partial charge in [-0.15, -0.1) is 0 Å². The minimum Gasteiger partial charge on any atom is -0.395 e. The molecule has 0 bridgehead atoms. The van der Waals surface area contributed by atoms with Crippen LogP contribution in [-0.2, 0) is 0 Å². The highest BCUT2D eigenvalue weighted by atomic mass is 16.3. The summed E-state index contributed by atoms with van der Waals surface area (Å²) in [7, 11) is 0. The summed E-state index contributed by atoms with van der Waals surface area (Å²) in [5.41, 5.74) is 5.69. The molecule has 0 aromatic heterocycles. The zero-order valence-corrected chi connectivity index (χ0v) is 10.2. The summed E-state index contributed by atoms with van der Waals surface area (Å²) in [5, 5.41) is 8.84. The van der Waals surface area contributed by atoms with Crippen LogP contribution in [0.2, 0.25) is 0 Å². The molecule has 90 valence electrons. The predicted octanol–water partition coefficient (Wildman–Crippen LogP) is 1.06. The fraction of sp³-hybridized carbons (Fsp3) is 1.00. The maximum absolute atomic E-state index is 8.84. The summed E-state index contributed by atoms with van der Waals surface area (Å²) >= 11 is 0. The van der Waals surface area contributed by atoms with Crippen LogP contribution in [0.5, 0.6) is 0 Å². The Morgan fingerprint density at radius 3 is 2.40 bits per heavy atom. The Hall–Kier alpha value is -0.120. The lowest BCUT2D eigenvalue weighted by molar-refractivity contribution is 0.149. The minimum absolute atomic E-state index is 0.0344. The molecule has 1 rings (SSSR count). The molecule has 1 aliphatic rings. The van der Waals surface area contributed by atoms with E-state index in [9.17, 15) is 0 Å². The molecular formula is C12H26N2O. The molecule has 1 fully saturated rings. The Morgan fingerprint density at radius 2 is 1.93 bits per heavy atom. The van der Waals surface area contributed by atoms with Crippen LogP contribution in [0.15, 0.2) is 0 Å². The molecule has 3 nitrogen and oxygen atoms in total. The molecule has 0 aliphatic carbocycles. The molecule has 0 amide bonds. The van der Waals surface area contributed by atoms with E-state index in [-0.39, 0.29) is 12.6 Å². The van der Waals surface area contributed by atoms with Crippen molar-refractivity contribution in [1.29, 1.82) is 0 Å². The van der Waals surface area contributed by atoms with Crippen LogP contribution >= 0.6 is 0 Å². The normalized spacial score (nSPS) is 22.2. The molecule has 3 heteroatoms. The van der Waals surface area contributed by atoms with Gasteiger partial charge in [0.1, 0.15) is 0 Å². The van der Waals surface area contributed by atoms with Crippen LogP contribution in [0.1, 0.15) is 33.1 Å². The maximum atomic E-state index is 8.84. The smallest absolute Gasteiger partial charge is 0.0583 e. The van der Waals surface area contributed by atoms with Gasteiger partial charge in [-0.3, -0.25) is 0 Å². The third-order valence-electron chi connectivity index (χ3n) is 3.63. The van der Waals surface area contributed by atoms with E-state index in [0.717, 1.165) is 24.8 Å². The Morgan fingerprint density at radius 1 is 1.33 bits per heavy atom. The number of nitrogens with two attached hydrogens (primary N) is 1. The number of nitrogens with zero attached hydrogens (tertiary/aromatic N) is 1. The van der Waals surface area contributed by atoms with Crippen LogP contribution in [0, 0.1) is 11.8 Å². The summed E-state index contributed by atoms with van der Waals surface area (Å²) in [5.74, 6) is 1.74. The van der Waals surface area contributed by atoms with Gasteiger partial charge in [-0.2, -0.15) is 0 Å². The van der Waals surface area contributed by atoms with Crippen molar-refractivity contribution in [2.45, 2.75) is 39.2 Å². The van der Waals surface area contributed by atoms with E-state index in [2.05, 4.69) is 18.7 Å². The molecule has 0 spiro atoms. The second-order valence-electron chi connectivity index (χ2n) is 5.15. The third kappa shape index (κ3) is 4.49. The summed E-state index contributed by atoms with van der Waals surface area (Å²) in [6.45, 7) is 8.22. The first-order chi connectivity index (χ1) is 7.13. The zero-order valence-electron chi connectivity index (χ0n) is 10.2. The number of hydrogen-bond donors (Lipinski definition) is 2. The highest BCUT2D eigenvalue weighted by Gasteiger charge is 2.21. The van der Waals surface area contributed by atoms with E-state index in [1.807, 2.05) is 0 Å². The quantitative estimate of drug-likeness (QED) is 0.719. The molecule has 1 saturated heterocycles. The topological polar surface area (TPSA) is 49.5 Å². The van der Waals surface area contributed by atoms with Crippen LogP contribution in [0.4, 0.5) is 0 Å². The molecule has 3 N–H and O–H groups in total. The molecule has 0 aromatic carbocycles. The maximum Gasteiger partial charge on any atom is 0.0583 e. The van der Waals surface area contributed by atoms with Gasteiger partial charge in [0.25, 0.3) is 0 Å². The number of aliphatic hydroxyl groups is 1. The van der Waals surface area contributed by atoms with Crippen molar-refractivity contribution in [2.24, 2.45) is 17.6 Å². The fourth-order valence-corrected chi connectivity index (χ4v) is 2.28. The molecule has 1 atom stereocenters. The molecule has 0 radical (unpaired) electrons. The molecular weight excluding hydrogens is 188 g/mol. The van der Waals surface area contributed by atoms with E-state index in [1.54, 1.807) is 0 Å². The number of aliphatic hydroxyl groups excluding tert-OH is 1. The van der Waals surface area contributed by atoms with E-state index in [4.69, 9.17) is 10.8 Å². The number of rotatable bonds is 5. The molecule has 0 aromatic rings. The number of piperidine rings is 1. The lowest BCUT2D eigenvalue weighted by atomic mass is 9.86. The van der Waals surface area contributed by atoms with E-state index in [1.165, 1.54) is 25.9 Å². The van der Waals surface area contributed by atoms with Crippen molar-refractivity contribution >= 4 is 0 Å². The first kappa shape index (κ1) is 12.9. The van der Waals surface area contributed by atoms with E-state index >= 15 is 0 Å². The minimum atomic E-state index is -0.0344. The van der Waals surface area contributed by atoms with Gasteiger partial charge in [-0.1, -0.05) is 13.8 Å². The van der Waals surface area contributed by atoms with Crippen LogP contribution < -0.4 is 5.73 Å². The largest absolute Gasteiger partial charge is 0.395 e. The molecule has 0 saturated carbocycles. The SMILES string of the molecule is CC(C)C1CCN(CCC(N)CO)CC1. The van der Waals surface area contributed by atoms with Crippen molar-refractivity contribution in [3.63, 3.8) is 0 Å². The van der Waals surface area contributed by atoms with Crippen LogP contribution in [-0.4, -0.2) is 42.3 Å². The van der Waals surface area contributed by atoms with E-state index < -0.39 is 0 Å².